The second kappa shape index (κ2) is 10.6. The van der Waals surface area contributed by atoms with Gasteiger partial charge in [-0.15, -0.1) is 0 Å². The van der Waals surface area contributed by atoms with Crippen LogP contribution in [0.1, 0.15) is 37.7 Å². The summed E-state index contributed by atoms with van der Waals surface area (Å²) >= 11 is 18.2. The number of hydrogen-bond acceptors (Lipinski definition) is 4. The summed E-state index contributed by atoms with van der Waals surface area (Å²) in [4.78, 5) is 13.0. The monoisotopic (exact) mass is 518 g/mol. The van der Waals surface area contributed by atoms with Crippen molar-refractivity contribution in [3.05, 3.63) is 51.0 Å². The van der Waals surface area contributed by atoms with Crippen molar-refractivity contribution in [3.8, 4) is 5.75 Å². The molecule has 0 heterocycles. The fraction of sp³-hybridized carbons (Fsp3) is 0.409. The number of nitrogens with one attached hydrogen (secondary N) is 1. The maximum atomic E-state index is 13.7. The van der Waals surface area contributed by atoms with Gasteiger partial charge in [-0.1, -0.05) is 60.1 Å². The summed E-state index contributed by atoms with van der Waals surface area (Å²) in [5.74, 6) is -0.282. The molecule has 10 heteroatoms. The van der Waals surface area contributed by atoms with Gasteiger partial charge in [0, 0.05) is 6.04 Å². The number of amides is 1. The molecule has 0 saturated heterocycles. The normalized spacial score (nSPS) is 15.1. The summed E-state index contributed by atoms with van der Waals surface area (Å²) in [5, 5.41) is 3.35. The first kappa shape index (κ1) is 25.1. The Morgan fingerprint density at radius 1 is 1.06 bits per heavy atom. The molecule has 174 valence electrons. The van der Waals surface area contributed by atoms with E-state index in [0.29, 0.717) is 12.8 Å². The average Bonchev–Trinajstić information content (AvgIpc) is 2.76. The van der Waals surface area contributed by atoms with Crippen LogP contribution in [0.25, 0.3) is 0 Å². The van der Waals surface area contributed by atoms with Crippen LogP contribution in [-0.4, -0.2) is 38.3 Å². The Balaban J connectivity index is 1.94. The van der Waals surface area contributed by atoms with E-state index < -0.39 is 15.9 Å². The molecule has 32 heavy (non-hydrogen) atoms. The Labute approximate surface area is 203 Å². The van der Waals surface area contributed by atoms with Gasteiger partial charge >= 0.3 is 0 Å². The van der Waals surface area contributed by atoms with E-state index in [0.717, 1.165) is 24.8 Å². The zero-order valence-electron chi connectivity index (χ0n) is 17.8. The third-order valence-electron chi connectivity index (χ3n) is 5.47. The predicted molar refractivity (Wildman–Crippen MR) is 129 cm³/mol. The molecule has 0 atom stereocenters. The molecule has 0 spiro atoms. The molecular weight excluding hydrogens is 495 g/mol. The molecule has 1 aliphatic carbocycles. The van der Waals surface area contributed by atoms with Crippen molar-refractivity contribution in [2.75, 3.05) is 19.0 Å². The molecule has 0 bridgehead atoms. The van der Waals surface area contributed by atoms with Gasteiger partial charge in [-0.05, 0) is 49.6 Å². The van der Waals surface area contributed by atoms with Crippen molar-refractivity contribution in [1.82, 2.24) is 4.31 Å². The largest absolute Gasteiger partial charge is 0.495 e. The predicted octanol–water partition coefficient (Wildman–Crippen LogP) is 5.93. The minimum atomic E-state index is -4.01. The van der Waals surface area contributed by atoms with Crippen LogP contribution in [0.2, 0.25) is 15.1 Å². The number of carbonyl (C=O) groups excluding carboxylic acids is 1. The zero-order chi connectivity index (χ0) is 23.5. The van der Waals surface area contributed by atoms with Crippen LogP contribution in [0.3, 0.4) is 0 Å². The first-order valence-electron chi connectivity index (χ1n) is 10.2. The van der Waals surface area contributed by atoms with Crippen molar-refractivity contribution in [1.29, 1.82) is 0 Å². The second-order valence-electron chi connectivity index (χ2n) is 7.79. The molecule has 1 aliphatic rings. The van der Waals surface area contributed by atoms with Crippen LogP contribution in [-0.2, 0) is 14.8 Å². The Hall–Kier alpha value is -1.51. The number of aryl methyl sites for hydroxylation is 1. The molecule has 0 aromatic heterocycles. The summed E-state index contributed by atoms with van der Waals surface area (Å²) < 4.78 is 34.0. The summed E-state index contributed by atoms with van der Waals surface area (Å²) in [6.07, 6.45) is 4.23. The molecule has 1 fully saturated rings. The van der Waals surface area contributed by atoms with E-state index >= 15 is 0 Å². The highest BCUT2D eigenvalue weighted by molar-refractivity contribution is 7.89. The summed E-state index contributed by atoms with van der Waals surface area (Å²) in [5.41, 5.74) is 1.04. The highest BCUT2D eigenvalue weighted by atomic mass is 35.5. The third kappa shape index (κ3) is 5.69. The van der Waals surface area contributed by atoms with Crippen LogP contribution in [0, 0.1) is 6.92 Å². The van der Waals surface area contributed by atoms with Crippen molar-refractivity contribution in [3.63, 3.8) is 0 Å². The second-order valence-corrected chi connectivity index (χ2v) is 10.9. The zero-order valence-corrected chi connectivity index (χ0v) is 20.9. The SMILES string of the molecule is COc1ccc(C)cc1S(=O)(=O)N(CC(=O)Nc1cc(Cl)c(Cl)cc1Cl)C1CCCCC1. The van der Waals surface area contributed by atoms with E-state index in [-0.39, 0.29) is 44.0 Å². The molecule has 0 radical (unpaired) electrons. The van der Waals surface area contributed by atoms with Gasteiger partial charge in [-0.2, -0.15) is 4.31 Å². The molecular formula is C22H25Cl3N2O4S. The quantitative estimate of drug-likeness (QED) is 0.460. The van der Waals surface area contributed by atoms with Crippen molar-refractivity contribution >= 4 is 56.4 Å². The molecule has 1 amide bonds. The van der Waals surface area contributed by atoms with Crippen molar-refractivity contribution in [2.45, 2.75) is 50.0 Å². The number of sulfonamides is 1. The summed E-state index contributed by atoms with van der Waals surface area (Å²) in [6.45, 7) is 1.45. The van der Waals surface area contributed by atoms with E-state index in [4.69, 9.17) is 39.5 Å². The Morgan fingerprint density at radius 2 is 1.72 bits per heavy atom. The van der Waals surface area contributed by atoms with Gasteiger partial charge < -0.3 is 10.1 Å². The van der Waals surface area contributed by atoms with E-state index in [2.05, 4.69) is 5.32 Å². The van der Waals surface area contributed by atoms with Gasteiger partial charge in [-0.25, -0.2) is 8.42 Å². The Bertz CT molecular complexity index is 1100. The van der Waals surface area contributed by atoms with Gasteiger partial charge in [0.25, 0.3) is 0 Å². The number of ether oxygens (including phenoxy) is 1. The van der Waals surface area contributed by atoms with Gasteiger partial charge in [0.05, 0.1) is 34.4 Å². The van der Waals surface area contributed by atoms with Crippen molar-refractivity contribution in [2.24, 2.45) is 0 Å². The minimum Gasteiger partial charge on any atom is -0.495 e. The van der Waals surface area contributed by atoms with Crippen LogP contribution in [0.4, 0.5) is 5.69 Å². The maximum absolute atomic E-state index is 13.7. The number of anilines is 1. The maximum Gasteiger partial charge on any atom is 0.247 e. The topological polar surface area (TPSA) is 75.7 Å². The first-order chi connectivity index (χ1) is 15.1. The first-order valence-corrected chi connectivity index (χ1v) is 12.8. The molecule has 0 unspecified atom stereocenters. The van der Waals surface area contributed by atoms with Gasteiger partial charge in [0.2, 0.25) is 15.9 Å². The number of halogens is 3. The van der Waals surface area contributed by atoms with Crippen molar-refractivity contribution < 1.29 is 17.9 Å². The van der Waals surface area contributed by atoms with E-state index in [1.54, 1.807) is 18.2 Å². The molecule has 2 aromatic rings. The number of hydrogen-bond donors (Lipinski definition) is 1. The molecule has 0 aliphatic heterocycles. The lowest BCUT2D eigenvalue weighted by atomic mass is 9.95. The van der Waals surface area contributed by atoms with E-state index in [1.807, 2.05) is 6.92 Å². The van der Waals surface area contributed by atoms with Gasteiger partial charge in [0.15, 0.2) is 0 Å². The number of benzene rings is 2. The fourth-order valence-corrected chi connectivity index (χ4v) is 6.32. The minimum absolute atomic E-state index is 0.0472. The van der Waals surface area contributed by atoms with Gasteiger partial charge in [-0.3, -0.25) is 4.79 Å². The lowest BCUT2D eigenvalue weighted by molar-refractivity contribution is -0.116. The van der Waals surface area contributed by atoms with Crippen LogP contribution in [0.5, 0.6) is 5.75 Å². The molecule has 6 nitrogen and oxygen atoms in total. The standard InChI is InChI=1S/C22H25Cl3N2O4S/c1-14-8-9-20(31-2)21(10-14)32(29,30)27(15-6-4-3-5-7-15)13-22(28)26-19-12-17(24)16(23)11-18(19)25/h8-12,15H,3-7,13H2,1-2H3,(H,26,28). The smallest absolute Gasteiger partial charge is 0.247 e. The average molecular weight is 520 g/mol. The van der Waals surface area contributed by atoms with Gasteiger partial charge in [0.1, 0.15) is 10.6 Å². The molecule has 1 N–H and O–H groups in total. The number of methoxy groups -OCH3 is 1. The van der Waals surface area contributed by atoms with Crippen LogP contribution >= 0.6 is 34.8 Å². The molecule has 1 saturated carbocycles. The summed E-state index contributed by atoms with van der Waals surface area (Å²) in [7, 11) is -2.59. The lowest BCUT2D eigenvalue weighted by Crippen LogP contribution is -2.45. The number of carbonyl (C=O) groups is 1. The van der Waals surface area contributed by atoms with E-state index in [1.165, 1.54) is 23.5 Å². The Morgan fingerprint density at radius 3 is 2.38 bits per heavy atom. The Kier molecular flexibility index (Phi) is 8.33. The third-order valence-corrected chi connectivity index (χ3v) is 8.43. The van der Waals surface area contributed by atoms with Crippen LogP contribution < -0.4 is 10.1 Å². The number of nitrogens with zero attached hydrogens (tertiary/aromatic N) is 1. The molecule has 3 rings (SSSR count). The fourth-order valence-electron chi connectivity index (χ4n) is 3.84. The highest BCUT2D eigenvalue weighted by Crippen LogP contribution is 2.34. The highest BCUT2D eigenvalue weighted by Gasteiger charge is 2.36. The number of rotatable bonds is 7. The summed E-state index contributed by atoms with van der Waals surface area (Å²) in [6, 6.07) is 7.55. The van der Waals surface area contributed by atoms with Crippen LogP contribution in [0.15, 0.2) is 35.2 Å². The lowest BCUT2D eigenvalue weighted by Gasteiger charge is -2.33. The molecule has 2 aromatic carbocycles. The van der Waals surface area contributed by atoms with E-state index in [9.17, 15) is 13.2 Å².